The zero-order valence-electron chi connectivity index (χ0n) is 21.3. The van der Waals surface area contributed by atoms with Crippen LogP contribution in [0, 0.1) is 36.5 Å². The van der Waals surface area contributed by atoms with Gasteiger partial charge < -0.3 is 14.8 Å². The van der Waals surface area contributed by atoms with Gasteiger partial charge in [-0.2, -0.15) is 0 Å². The van der Waals surface area contributed by atoms with Crippen LogP contribution < -0.4 is 9.61 Å². The number of thiazole rings is 1. The van der Waals surface area contributed by atoms with Crippen molar-refractivity contribution in [2.24, 2.45) is 29.6 Å². The van der Waals surface area contributed by atoms with Gasteiger partial charge in [0.25, 0.3) is 0 Å². The van der Waals surface area contributed by atoms with Gasteiger partial charge in [0.2, 0.25) is 11.8 Å². The SMILES string of the molecule is Cc1ccc(COc2ccc(Br)cc2[C@H]2c3sc(=O)[nH]c3SC3C4CC(C5C(=O)N(CC(=O)O)C(=O)C45)C32)cc1. The molecule has 2 N–H and O–H groups in total. The number of halogens is 1. The molecule has 3 aromatic rings. The van der Waals surface area contributed by atoms with E-state index in [1.165, 1.54) is 16.9 Å². The number of H-pyrrole nitrogens is 1. The van der Waals surface area contributed by atoms with Crippen LogP contribution in [0.3, 0.4) is 0 Å². The van der Waals surface area contributed by atoms with Gasteiger partial charge in [-0.3, -0.25) is 24.1 Å². The summed E-state index contributed by atoms with van der Waals surface area (Å²) >= 11 is 6.43. The normalized spacial score (nSPS) is 29.9. The number of thioether (sulfide) groups is 1. The number of amides is 2. The number of aromatic nitrogens is 1. The average molecular weight is 642 g/mol. The van der Waals surface area contributed by atoms with Gasteiger partial charge in [0, 0.05) is 26.1 Å². The van der Waals surface area contributed by atoms with Crippen LogP contribution >= 0.6 is 39.0 Å². The first kappa shape index (κ1) is 26.0. The molecule has 3 heterocycles. The molecule has 2 aliphatic carbocycles. The van der Waals surface area contributed by atoms with E-state index in [1.54, 1.807) is 11.8 Å². The molecule has 7 atom stereocenters. The highest BCUT2D eigenvalue weighted by Gasteiger charge is 2.69. The van der Waals surface area contributed by atoms with Crippen molar-refractivity contribution >= 4 is 56.8 Å². The summed E-state index contributed by atoms with van der Waals surface area (Å²) < 4.78 is 7.28. The maximum Gasteiger partial charge on any atom is 0.323 e. The summed E-state index contributed by atoms with van der Waals surface area (Å²) in [5.41, 5.74) is 3.15. The molecule has 206 valence electrons. The highest BCUT2D eigenvalue weighted by Crippen LogP contribution is 2.69. The second-order valence-electron chi connectivity index (χ2n) is 11.1. The van der Waals surface area contributed by atoms with E-state index in [0.29, 0.717) is 12.4 Å². The second kappa shape index (κ2) is 9.60. The van der Waals surface area contributed by atoms with Crippen LogP contribution in [0.4, 0.5) is 0 Å². The van der Waals surface area contributed by atoms with Crippen molar-refractivity contribution in [1.29, 1.82) is 0 Å². The molecule has 1 saturated heterocycles. The Hall–Kier alpha value is -2.89. The first-order valence-electron chi connectivity index (χ1n) is 13.2. The number of nitrogens with zero attached hydrogens (tertiary/aromatic N) is 1. The highest BCUT2D eigenvalue weighted by molar-refractivity contribution is 9.10. The van der Waals surface area contributed by atoms with E-state index < -0.39 is 24.3 Å². The second-order valence-corrected chi connectivity index (χ2v) is 14.2. The number of carbonyl (C=O) groups is 3. The summed E-state index contributed by atoms with van der Waals surface area (Å²) in [6.45, 7) is 1.83. The molecule has 4 aliphatic rings. The maximum atomic E-state index is 13.4. The lowest BCUT2D eigenvalue weighted by Crippen LogP contribution is -2.42. The molecule has 0 radical (unpaired) electrons. The molecule has 8 nitrogen and oxygen atoms in total. The predicted octanol–water partition coefficient (Wildman–Crippen LogP) is 4.64. The van der Waals surface area contributed by atoms with Crippen LogP contribution in [-0.2, 0) is 21.0 Å². The molecular weight excluding hydrogens is 616 g/mol. The predicted molar refractivity (Wildman–Crippen MR) is 153 cm³/mol. The topological polar surface area (TPSA) is 117 Å². The van der Waals surface area contributed by atoms with Crippen molar-refractivity contribution in [2.45, 2.75) is 36.1 Å². The quantitative estimate of drug-likeness (QED) is 0.377. The van der Waals surface area contributed by atoms with E-state index in [-0.39, 0.29) is 45.6 Å². The number of aromatic amines is 1. The third-order valence-corrected chi connectivity index (χ3v) is 12.0. The zero-order chi connectivity index (χ0) is 27.9. The number of likely N-dealkylation sites (tertiary alicyclic amines) is 1. The fourth-order valence-electron chi connectivity index (χ4n) is 7.46. The summed E-state index contributed by atoms with van der Waals surface area (Å²) in [6, 6.07) is 14.1. The fourth-order valence-corrected chi connectivity index (χ4v) is 10.7. The Labute approximate surface area is 246 Å². The van der Waals surface area contributed by atoms with Gasteiger partial charge in [-0.15, -0.1) is 11.8 Å². The number of carbonyl (C=O) groups excluding carboxylic acids is 2. The number of imide groups is 1. The average Bonchev–Trinajstić information content (AvgIpc) is 3.64. The monoisotopic (exact) mass is 640 g/mol. The molecule has 6 unspecified atom stereocenters. The Morgan fingerprint density at radius 1 is 1.10 bits per heavy atom. The number of carboxylic acids is 1. The third-order valence-electron chi connectivity index (χ3n) is 8.93. The Kier molecular flexibility index (Phi) is 6.25. The van der Waals surface area contributed by atoms with Gasteiger partial charge >= 0.3 is 10.8 Å². The van der Waals surface area contributed by atoms with E-state index in [2.05, 4.69) is 20.9 Å². The molecule has 40 heavy (non-hydrogen) atoms. The Morgan fingerprint density at radius 3 is 2.55 bits per heavy atom. The zero-order valence-corrected chi connectivity index (χ0v) is 24.6. The van der Waals surface area contributed by atoms with Gasteiger partial charge in [-0.25, -0.2) is 0 Å². The lowest BCUT2D eigenvalue weighted by Gasteiger charge is -2.43. The van der Waals surface area contributed by atoms with Gasteiger partial charge in [-0.05, 0) is 54.9 Å². The highest BCUT2D eigenvalue weighted by atomic mass is 79.9. The van der Waals surface area contributed by atoms with E-state index in [4.69, 9.17) is 4.74 Å². The summed E-state index contributed by atoms with van der Waals surface area (Å²) in [7, 11) is 0. The minimum absolute atomic E-state index is 0.00671. The first-order chi connectivity index (χ1) is 19.2. The van der Waals surface area contributed by atoms with Crippen LogP contribution in [-0.4, -0.2) is 44.6 Å². The van der Waals surface area contributed by atoms with Gasteiger partial charge in [-0.1, -0.05) is 57.1 Å². The van der Waals surface area contributed by atoms with Crippen LogP contribution in [0.1, 0.15) is 33.9 Å². The number of hydrogen-bond donors (Lipinski definition) is 2. The fraction of sp³-hybridized carbons (Fsp3) is 0.379. The number of nitrogens with one attached hydrogen (secondary N) is 1. The standard InChI is InChI=1S/C29H25BrN2O6S2/c1-12-2-4-13(5-3-12)11-38-18-7-6-14(30)8-15(18)20-21-16-9-17(24(21)39-26-25(20)40-29(37)31-26)23-22(16)27(35)32(28(23)36)10-19(33)34/h2-8,16-17,20-24H,9-11H2,1H3,(H,31,37)(H,33,34)/t16?,17?,20-,21?,22?,23?,24?/m1/s1. The lowest BCUT2D eigenvalue weighted by molar-refractivity contribution is -0.149. The van der Waals surface area contributed by atoms with E-state index in [0.717, 1.165) is 36.8 Å². The van der Waals surface area contributed by atoms with Gasteiger partial charge in [0.1, 0.15) is 18.9 Å². The van der Waals surface area contributed by atoms with Crippen LogP contribution in [0.5, 0.6) is 5.75 Å². The molecule has 2 aliphatic heterocycles. The Morgan fingerprint density at radius 2 is 1.82 bits per heavy atom. The first-order valence-corrected chi connectivity index (χ1v) is 15.6. The molecular formula is C29H25BrN2O6S2. The van der Waals surface area contributed by atoms with Crippen LogP contribution in [0.2, 0.25) is 0 Å². The minimum Gasteiger partial charge on any atom is -0.489 e. The van der Waals surface area contributed by atoms with E-state index in [9.17, 15) is 24.3 Å². The number of aryl methyl sites for hydroxylation is 1. The number of ether oxygens (including phenoxy) is 1. The van der Waals surface area contributed by atoms with E-state index >= 15 is 0 Å². The van der Waals surface area contributed by atoms with Gasteiger partial charge in [0.05, 0.1) is 16.9 Å². The summed E-state index contributed by atoms with van der Waals surface area (Å²) in [5.74, 6) is -2.61. The van der Waals surface area contributed by atoms with Crippen molar-refractivity contribution in [3.8, 4) is 5.75 Å². The summed E-state index contributed by atoms with van der Waals surface area (Å²) in [4.78, 5) is 55.5. The number of hydrogen-bond acceptors (Lipinski definition) is 7. The van der Waals surface area contributed by atoms with Crippen molar-refractivity contribution in [2.75, 3.05) is 6.54 Å². The molecule has 1 aromatic heterocycles. The van der Waals surface area contributed by atoms with Crippen LogP contribution in [0.25, 0.3) is 0 Å². The molecule has 2 bridgehead atoms. The number of benzene rings is 2. The van der Waals surface area contributed by atoms with E-state index in [1.807, 2.05) is 49.4 Å². The number of rotatable bonds is 6. The number of aliphatic carboxylic acids is 1. The minimum atomic E-state index is -1.19. The molecule has 2 aromatic carbocycles. The molecule has 3 fully saturated rings. The van der Waals surface area contributed by atoms with Gasteiger partial charge in [0.15, 0.2) is 0 Å². The smallest absolute Gasteiger partial charge is 0.323 e. The maximum absolute atomic E-state index is 13.4. The number of carboxylic acid groups (broad SMARTS) is 1. The summed E-state index contributed by atoms with van der Waals surface area (Å²) in [5, 5.41) is 10.2. The van der Waals surface area contributed by atoms with Crippen molar-refractivity contribution in [3.05, 3.63) is 78.2 Å². The molecule has 2 amide bonds. The molecule has 7 rings (SSSR count). The molecule has 0 spiro atoms. The Balaban J connectivity index is 1.30. The Bertz CT molecular complexity index is 1620. The van der Waals surface area contributed by atoms with Crippen molar-refractivity contribution < 1.29 is 24.2 Å². The molecule has 2 saturated carbocycles. The largest absolute Gasteiger partial charge is 0.489 e. The third kappa shape index (κ3) is 4.00. The van der Waals surface area contributed by atoms with Crippen molar-refractivity contribution in [1.82, 2.24) is 9.88 Å². The molecule has 11 heteroatoms. The summed E-state index contributed by atoms with van der Waals surface area (Å²) in [6.07, 6.45) is 0.735. The number of fused-ring (bicyclic) bond motifs is 9. The van der Waals surface area contributed by atoms with Crippen LogP contribution in [0.15, 0.2) is 56.8 Å². The van der Waals surface area contributed by atoms with Crippen molar-refractivity contribution in [3.63, 3.8) is 0 Å². The lowest BCUT2D eigenvalue weighted by atomic mass is 9.68.